The van der Waals surface area contributed by atoms with Gasteiger partial charge in [0.15, 0.2) is 14.7 Å². The van der Waals surface area contributed by atoms with Crippen molar-refractivity contribution >= 4 is 22.7 Å². The first-order valence-corrected chi connectivity index (χ1v) is 10.9. The van der Waals surface area contributed by atoms with Gasteiger partial charge < -0.3 is 10.2 Å². The molecular weight excluding hydrogens is 384 g/mol. The fourth-order valence-corrected chi connectivity index (χ4v) is 5.72. The maximum Gasteiger partial charge on any atom is 0.166 e. The minimum absolute atomic E-state index is 0.257. The predicted molar refractivity (Wildman–Crippen MR) is 115 cm³/mol. The minimum Gasteiger partial charge on any atom is -0.508 e. The van der Waals surface area contributed by atoms with E-state index in [0.717, 1.165) is 9.79 Å². The van der Waals surface area contributed by atoms with Crippen LogP contribution in [0.3, 0.4) is 0 Å². The highest BCUT2D eigenvalue weighted by Crippen LogP contribution is 2.35. The lowest BCUT2D eigenvalue weighted by molar-refractivity contribution is 0.474. The van der Waals surface area contributed by atoms with E-state index in [1.807, 2.05) is 42.5 Å². The van der Waals surface area contributed by atoms with Crippen molar-refractivity contribution in [1.29, 1.82) is 0 Å². The largest absolute Gasteiger partial charge is 0.508 e. The summed E-state index contributed by atoms with van der Waals surface area (Å²) in [6.07, 6.45) is 0. The summed E-state index contributed by atoms with van der Waals surface area (Å²) in [5.74, 6) is 0.514. The third-order valence-corrected chi connectivity index (χ3v) is 7.43. The van der Waals surface area contributed by atoms with Gasteiger partial charge in [-0.15, -0.1) is 0 Å². The van der Waals surface area contributed by atoms with E-state index in [2.05, 4.69) is 36.4 Å². The van der Waals surface area contributed by atoms with E-state index in [4.69, 9.17) is 0 Å². The molecule has 0 fully saturated rings. The Hall–Kier alpha value is -2.82. The van der Waals surface area contributed by atoms with Crippen molar-refractivity contribution in [3.63, 3.8) is 0 Å². The first-order chi connectivity index (χ1) is 13.7. The summed E-state index contributed by atoms with van der Waals surface area (Å²) in [5, 5.41) is 19.3. The molecule has 138 valence electrons. The molecule has 0 aliphatic rings. The highest BCUT2D eigenvalue weighted by atomic mass is 32.2. The van der Waals surface area contributed by atoms with Crippen molar-refractivity contribution in [2.75, 3.05) is 0 Å². The zero-order valence-corrected chi connectivity index (χ0v) is 16.7. The van der Waals surface area contributed by atoms with Crippen LogP contribution in [0.5, 0.6) is 11.5 Å². The van der Waals surface area contributed by atoms with Gasteiger partial charge in [0.2, 0.25) is 0 Å². The highest BCUT2D eigenvalue weighted by molar-refractivity contribution is 7.99. The van der Waals surface area contributed by atoms with Gasteiger partial charge in [0.05, 0.1) is 10.9 Å². The van der Waals surface area contributed by atoms with Crippen LogP contribution in [-0.4, -0.2) is 10.2 Å². The Morgan fingerprint density at radius 1 is 0.464 bits per heavy atom. The molecule has 4 aromatic rings. The third kappa shape index (κ3) is 4.35. The predicted octanol–water partition coefficient (Wildman–Crippen LogP) is 6.34. The molecule has 4 heteroatoms. The van der Waals surface area contributed by atoms with E-state index >= 15 is 0 Å². The van der Waals surface area contributed by atoms with Crippen LogP contribution in [0.4, 0.5) is 0 Å². The number of rotatable bonds is 5. The standard InChI is InChI=1S/C24H18O2S2/c25-18-6-12-22(13-7-18)28(23-14-8-19(26)9-15-23)24-16-10-21(11-17-24)27-20-4-2-1-3-5-20/h1-17H,(H-,25,26)/p+1. The molecule has 0 spiro atoms. The first-order valence-electron chi connectivity index (χ1n) is 8.84. The number of phenolic OH excluding ortho intramolecular Hbond substituents is 2. The number of hydrogen-bond donors (Lipinski definition) is 2. The van der Waals surface area contributed by atoms with E-state index in [1.54, 1.807) is 36.0 Å². The lowest BCUT2D eigenvalue weighted by Crippen LogP contribution is -2.04. The van der Waals surface area contributed by atoms with E-state index in [-0.39, 0.29) is 22.4 Å². The van der Waals surface area contributed by atoms with Gasteiger partial charge >= 0.3 is 0 Å². The monoisotopic (exact) mass is 403 g/mol. The Balaban J connectivity index is 1.68. The molecule has 0 amide bonds. The molecule has 0 atom stereocenters. The molecule has 28 heavy (non-hydrogen) atoms. The molecule has 0 heterocycles. The summed E-state index contributed by atoms with van der Waals surface area (Å²) in [6.45, 7) is 0. The van der Waals surface area contributed by atoms with Crippen LogP contribution < -0.4 is 0 Å². The molecule has 0 saturated carbocycles. The topological polar surface area (TPSA) is 40.5 Å². The average molecular weight is 404 g/mol. The summed E-state index contributed by atoms with van der Waals surface area (Å²) >= 11 is 1.74. The van der Waals surface area contributed by atoms with Crippen LogP contribution in [0.2, 0.25) is 0 Å². The lowest BCUT2D eigenvalue weighted by atomic mass is 10.3. The van der Waals surface area contributed by atoms with Crippen molar-refractivity contribution in [1.82, 2.24) is 0 Å². The molecule has 4 rings (SSSR count). The average Bonchev–Trinajstić information content (AvgIpc) is 2.73. The first kappa shape index (κ1) is 18.5. The number of phenols is 2. The van der Waals surface area contributed by atoms with Gasteiger partial charge in [-0.05, 0) is 84.9 Å². The molecule has 0 bridgehead atoms. The van der Waals surface area contributed by atoms with Gasteiger partial charge in [0.1, 0.15) is 11.5 Å². The van der Waals surface area contributed by atoms with Crippen LogP contribution in [0.1, 0.15) is 0 Å². The Bertz CT molecular complexity index is 983. The summed E-state index contributed by atoms with van der Waals surface area (Å²) in [4.78, 5) is 5.83. The molecule has 0 saturated heterocycles. The van der Waals surface area contributed by atoms with Gasteiger partial charge in [0.25, 0.3) is 0 Å². The molecule has 4 aromatic carbocycles. The van der Waals surface area contributed by atoms with Crippen molar-refractivity contribution in [2.45, 2.75) is 24.5 Å². The van der Waals surface area contributed by atoms with Crippen molar-refractivity contribution in [2.24, 2.45) is 0 Å². The molecule has 0 aromatic heterocycles. The van der Waals surface area contributed by atoms with Crippen molar-refractivity contribution in [3.8, 4) is 11.5 Å². The summed E-state index contributed by atoms with van der Waals surface area (Å²) in [6, 6.07) is 33.6. The second kappa shape index (κ2) is 8.46. The summed E-state index contributed by atoms with van der Waals surface area (Å²) in [5.41, 5.74) is 0. The smallest absolute Gasteiger partial charge is 0.166 e. The number of hydrogen-bond acceptors (Lipinski definition) is 3. The zero-order valence-electron chi connectivity index (χ0n) is 15.0. The van der Waals surface area contributed by atoms with Crippen molar-refractivity contribution < 1.29 is 10.2 Å². The Labute approximate surface area is 171 Å². The maximum absolute atomic E-state index is 9.66. The Morgan fingerprint density at radius 3 is 1.32 bits per heavy atom. The second-order valence-electron chi connectivity index (χ2n) is 6.18. The van der Waals surface area contributed by atoms with Gasteiger partial charge in [0, 0.05) is 9.79 Å². The molecule has 2 nitrogen and oxygen atoms in total. The second-order valence-corrected chi connectivity index (χ2v) is 9.35. The Morgan fingerprint density at radius 2 is 0.857 bits per heavy atom. The molecule has 0 aliphatic carbocycles. The molecule has 0 radical (unpaired) electrons. The number of benzene rings is 4. The molecule has 0 unspecified atom stereocenters. The number of aromatic hydroxyl groups is 2. The van der Waals surface area contributed by atoms with Crippen molar-refractivity contribution in [3.05, 3.63) is 103 Å². The summed E-state index contributed by atoms with van der Waals surface area (Å²) in [7, 11) is -0.317. The van der Waals surface area contributed by atoms with Crippen LogP contribution in [0.25, 0.3) is 0 Å². The fraction of sp³-hybridized carbons (Fsp3) is 0. The fourth-order valence-electron chi connectivity index (χ4n) is 2.84. The molecular formula is C24H19O2S2+. The molecule has 2 N–H and O–H groups in total. The SMILES string of the molecule is Oc1ccc([S+](c2ccc(O)cc2)c2ccc(Sc3ccccc3)cc2)cc1. The summed E-state index contributed by atoms with van der Waals surface area (Å²) < 4.78 is 0. The Kier molecular flexibility index (Phi) is 5.60. The highest BCUT2D eigenvalue weighted by Gasteiger charge is 2.28. The quantitative estimate of drug-likeness (QED) is 0.382. The maximum atomic E-state index is 9.66. The zero-order chi connectivity index (χ0) is 19.3. The third-order valence-electron chi connectivity index (χ3n) is 4.18. The van der Waals surface area contributed by atoms with Crippen LogP contribution in [-0.2, 0) is 10.9 Å². The van der Waals surface area contributed by atoms with Crippen LogP contribution in [0, 0.1) is 0 Å². The normalized spacial score (nSPS) is 10.9. The van der Waals surface area contributed by atoms with E-state index in [1.165, 1.54) is 14.7 Å². The lowest BCUT2D eigenvalue weighted by Gasteiger charge is -2.09. The van der Waals surface area contributed by atoms with Gasteiger partial charge in [-0.3, -0.25) is 0 Å². The van der Waals surface area contributed by atoms with Gasteiger partial charge in [-0.1, -0.05) is 30.0 Å². The van der Waals surface area contributed by atoms with E-state index in [0.29, 0.717) is 0 Å². The van der Waals surface area contributed by atoms with Crippen LogP contribution >= 0.6 is 11.8 Å². The van der Waals surface area contributed by atoms with E-state index in [9.17, 15) is 10.2 Å². The van der Waals surface area contributed by atoms with Crippen LogP contribution in [0.15, 0.2) is 128 Å². The minimum atomic E-state index is -0.317. The molecule has 0 aliphatic heterocycles. The van der Waals surface area contributed by atoms with Gasteiger partial charge in [-0.2, -0.15) is 0 Å². The van der Waals surface area contributed by atoms with E-state index < -0.39 is 0 Å². The van der Waals surface area contributed by atoms with Gasteiger partial charge in [-0.25, -0.2) is 0 Å².